The third kappa shape index (κ3) is 8.42. The Bertz CT molecular complexity index is 1480. The second kappa shape index (κ2) is 18.4. The summed E-state index contributed by atoms with van der Waals surface area (Å²) in [5, 5.41) is 6.89. The van der Waals surface area contributed by atoms with Crippen molar-refractivity contribution in [2.75, 3.05) is 53.2 Å². The second-order valence-corrected chi connectivity index (χ2v) is 19.0. The van der Waals surface area contributed by atoms with Crippen LogP contribution in [0, 0.1) is 57.2 Å². The van der Waals surface area contributed by atoms with E-state index in [1.165, 1.54) is 94.4 Å². The summed E-state index contributed by atoms with van der Waals surface area (Å²) in [6.07, 6.45) is 17.2. The van der Waals surface area contributed by atoms with Gasteiger partial charge in [-0.3, -0.25) is 9.69 Å². The molecule has 0 radical (unpaired) electrons. The van der Waals surface area contributed by atoms with E-state index in [2.05, 4.69) is 71.6 Å². The number of morpholine rings is 1. The van der Waals surface area contributed by atoms with Gasteiger partial charge in [0.05, 0.1) is 39.1 Å². The van der Waals surface area contributed by atoms with E-state index in [4.69, 9.17) is 30.7 Å². The van der Waals surface area contributed by atoms with Gasteiger partial charge in [0.1, 0.15) is 0 Å². The molecule has 7 rings (SSSR count). The van der Waals surface area contributed by atoms with Crippen molar-refractivity contribution in [2.45, 2.75) is 119 Å². The number of hydrogen-bond donors (Lipinski definition) is 1. The number of allylic oxidation sites excluding steroid dienone is 2. The largest absolute Gasteiger partial charge is 0.483 e. The van der Waals surface area contributed by atoms with Crippen LogP contribution in [0.15, 0.2) is 42.5 Å². The van der Waals surface area contributed by atoms with Gasteiger partial charge in [-0.25, -0.2) is 4.79 Å². The van der Waals surface area contributed by atoms with Crippen molar-refractivity contribution in [3.8, 4) is 0 Å². The Kier molecular flexibility index (Phi) is 14.6. The van der Waals surface area contributed by atoms with Crippen molar-refractivity contribution in [3.05, 3.63) is 53.6 Å². The zero-order valence-corrected chi connectivity index (χ0v) is 35.8. The first-order valence-electron chi connectivity index (χ1n) is 21.8. The highest BCUT2D eigenvalue weighted by atomic mass is 16.5. The molecule has 1 aromatic carbocycles. The zero-order valence-electron chi connectivity index (χ0n) is 35.8. The summed E-state index contributed by atoms with van der Waals surface area (Å²) < 4.78 is 16.8. The highest BCUT2D eigenvalue weighted by Gasteiger charge is 2.69. The molecule has 5 fully saturated rings. The highest BCUT2D eigenvalue weighted by molar-refractivity contribution is 5.89. The number of unbranched alkanes of at least 4 members (excludes halogenated alkanes) is 1. The molecule has 1 aliphatic heterocycles. The predicted molar refractivity (Wildman–Crippen MR) is 223 cm³/mol. The van der Waals surface area contributed by atoms with Crippen molar-refractivity contribution in [3.63, 3.8) is 0 Å². The van der Waals surface area contributed by atoms with E-state index in [9.17, 15) is 4.79 Å². The fourth-order valence-corrected chi connectivity index (χ4v) is 13.3. The topological polar surface area (TPSA) is 85.3 Å². The molecule has 0 spiro atoms. The molecule has 1 saturated heterocycles. The van der Waals surface area contributed by atoms with Crippen LogP contribution in [0.4, 0.5) is 0 Å². The van der Waals surface area contributed by atoms with Crippen LogP contribution >= 0.6 is 0 Å². The number of nitrogens with zero attached hydrogens (tertiary/aromatic N) is 1. The van der Waals surface area contributed by atoms with E-state index >= 15 is 0 Å². The summed E-state index contributed by atoms with van der Waals surface area (Å²) in [5.74, 6) is 3.81. The quantitative estimate of drug-likeness (QED) is 0.116. The molecule has 5 aliphatic carbocycles. The molecule has 1 heterocycles. The Morgan fingerprint density at radius 1 is 0.945 bits per heavy atom. The van der Waals surface area contributed by atoms with Gasteiger partial charge in [-0.05, 0) is 144 Å². The fourth-order valence-electron chi connectivity index (χ4n) is 13.3. The van der Waals surface area contributed by atoms with Crippen molar-refractivity contribution < 1.29 is 28.9 Å². The standard InChI is InChI=1S/C43H63NO4.C4H10.CH2O2/c1-29(28-48-27-24-44-22-25-47-26-23-44)33-14-17-40(3)20-21-42(5)36(38(33)40)12-13-37-41(4)18-15-34(30(2)35(41)16-19-43(37,42)6)31-8-10-32(11-9-31)39(45)46-7;1-3-4-2;2-1-3/h8-11,15,30,33,35-38H,1,12-14,16-28H2,2-7H3;3-4H2,1-2H3;1H,(H,2,3)/t30?,33-,35?,36?,37?,38+,40?,41?,42+,43?;;/m0../s1. The zero-order chi connectivity index (χ0) is 40.0. The van der Waals surface area contributed by atoms with Crippen LogP contribution < -0.4 is 0 Å². The average Bonchev–Trinajstić information content (AvgIpc) is 3.55. The van der Waals surface area contributed by atoms with Gasteiger partial charge in [-0.15, -0.1) is 0 Å². The lowest BCUT2D eigenvalue weighted by atomic mass is 9.33. The Morgan fingerprint density at radius 2 is 1.62 bits per heavy atom. The minimum Gasteiger partial charge on any atom is -0.483 e. The molecule has 4 saturated carbocycles. The van der Waals surface area contributed by atoms with E-state index in [-0.39, 0.29) is 12.4 Å². The lowest BCUT2D eigenvalue weighted by molar-refractivity contribution is -0.219. The molecule has 308 valence electrons. The number of methoxy groups -OCH3 is 1. The number of carboxylic acid groups (broad SMARTS) is 1. The average molecular weight is 762 g/mol. The summed E-state index contributed by atoms with van der Waals surface area (Å²) in [4.78, 5) is 22.9. The van der Waals surface area contributed by atoms with Crippen molar-refractivity contribution in [1.29, 1.82) is 0 Å². The molecule has 6 aliphatic rings. The van der Waals surface area contributed by atoms with Crippen LogP contribution in [-0.2, 0) is 19.0 Å². The van der Waals surface area contributed by atoms with Gasteiger partial charge in [0.25, 0.3) is 6.47 Å². The van der Waals surface area contributed by atoms with E-state index < -0.39 is 0 Å². The van der Waals surface area contributed by atoms with E-state index in [1.54, 1.807) is 0 Å². The minimum atomic E-state index is -0.264. The van der Waals surface area contributed by atoms with Gasteiger partial charge in [0, 0.05) is 19.6 Å². The Balaban J connectivity index is 0.000000768. The number of carbonyl (C=O) groups excluding carboxylic acids is 1. The normalized spacial score (nSPS) is 37.9. The van der Waals surface area contributed by atoms with Gasteiger partial charge in [-0.1, -0.05) is 86.1 Å². The van der Waals surface area contributed by atoms with Gasteiger partial charge in [-0.2, -0.15) is 0 Å². The van der Waals surface area contributed by atoms with Gasteiger partial charge in [0.15, 0.2) is 0 Å². The molecule has 55 heavy (non-hydrogen) atoms. The second-order valence-electron chi connectivity index (χ2n) is 19.0. The number of hydrogen-bond acceptors (Lipinski definition) is 6. The number of fused-ring (bicyclic) bond motifs is 7. The summed E-state index contributed by atoms with van der Waals surface area (Å²) in [7, 11) is 1.45. The summed E-state index contributed by atoms with van der Waals surface area (Å²) in [6.45, 7) is 28.4. The summed E-state index contributed by atoms with van der Waals surface area (Å²) >= 11 is 0. The number of carbonyl (C=O) groups is 2. The van der Waals surface area contributed by atoms with Gasteiger partial charge < -0.3 is 19.3 Å². The maximum absolute atomic E-state index is 12.1. The Labute approximate surface area is 334 Å². The predicted octanol–water partition coefficient (Wildman–Crippen LogP) is 10.6. The molecule has 7 heteroatoms. The van der Waals surface area contributed by atoms with Crippen LogP contribution in [-0.4, -0.2) is 75.6 Å². The smallest absolute Gasteiger partial charge is 0.337 e. The van der Waals surface area contributed by atoms with Crippen LogP contribution in [0.25, 0.3) is 5.57 Å². The van der Waals surface area contributed by atoms with Crippen LogP contribution in [0.3, 0.4) is 0 Å². The maximum atomic E-state index is 12.1. The summed E-state index contributed by atoms with van der Waals surface area (Å²) in [5.41, 5.74) is 6.23. The summed E-state index contributed by atoms with van der Waals surface area (Å²) in [6, 6.07) is 8.14. The van der Waals surface area contributed by atoms with Crippen molar-refractivity contribution in [1.82, 2.24) is 4.90 Å². The molecule has 10 atom stereocenters. The Morgan fingerprint density at radius 3 is 2.25 bits per heavy atom. The molecule has 0 bridgehead atoms. The van der Waals surface area contributed by atoms with Gasteiger partial charge in [0.2, 0.25) is 0 Å². The van der Waals surface area contributed by atoms with E-state index in [0.717, 1.165) is 63.8 Å². The number of rotatable bonds is 9. The number of benzene rings is 1. The first-order valence-corrected chi connectivity index (χ1v) is 21.8. The first-order chi connectivity index (χ1) is 26.3. The molecule has 0 aromatic heterocycles. The number of ether oxygens (including phenoxy) is 3. The number of esters is 1. The third-order valence-electron chi connectivity index (χ3n) is 16.7. The van der Waals surface area contributed by atoms with Crippen LogP contribution in [0.5, 0.6) is 0 Å². The lowest BCUT2D eigenvalue weighted by Gasteiger charge is -2.71. The molecular formula is C48H75NO6. The molecule has 1 N–H and O–H groups in total. The Hall–Kier alpha value is -2.48. The van der Waals surface area contributed by atoms with Crippen molar-refractivity contribution in [2.24, 2.45) is 57.2 Å². The lowest BCUT2D eigenvalue weighted by Crippen LogP contribution is -2.64. The highest BCUT2D eigenvalue weighted by Crippen LogP contribution is 2.76. The molecule has 0 amide bonds. The van der Waals surface area contributed by atoms with Crippen LogP contribution in [0.1, 0.15) is 135 Å². The maximum Gasteiger partial charge on any atom is 0.337 e. The van der Waals surface area contributed by atoms with Crippen molar-refractivity contribution >= 4 is 18.0 Å². The van der Waals surface area contributed by atoms with E-state index in [1.807, 2.05) is 12.1 Å². The molecule has 1 aromatic rings. The van der Waals surface area contributed by atoms with Gasteiger partial charge >= 0.3 is 5.97 Å². The first kappa shape index (κ1) is 43.6. The minimum absolute atomic E-state index is 0.250. The SMILES string of the molecule is C=C(COCCN1CCOCC1)[C@@H]1CCC2(C)CC[C@]3(C)C(CCC4C5(C)CC=C(c6ccc(C(=O)OC)cc6)C(C)C5CCC43C)[C@@H]12.CCCC.O=CO. The fraction of sp³-hybridized carbons (Fsp3) is 0.750. The van der Waals surface area contributed by atoms with Crippen LogP contribution in [0.2, 0.25) is 0 Å². The molecule has 7 nitrogen and oxygen atoms in total. The monoisotopic (exact) mass is 762 g/mol. The van der Waals surface area contributed by atoms with E-state index in [0.29, 0.717) is 45.0 Å². The third-order valence-corrected chi connectivity index (χ3v) is 16.7. The molecular weight excluding hydrogens is 687 g/mol. The molecule has 7 unspecified atom stereocenters.